The van der Waals surface area contributed by atoms with Gasteiger partial charge in [0, 0.05) is 0 Å². The molecule has 0 spiro atoms. The molecule has 12 heavy (non-hydrogen) atoms. The Morgan fingerprint density at radius 2 is 2.25 bits per heavy atom. The van der Waals surface area contributed by atoms with Crippen LogP contribution in [0.1, 0.15) is 13.8 Å². The van der Waals surface area contributed by atoms with Gasteiger partial charge in [-0.15, -0.1) is 0 Å². The minimum absolute atomic E-state index is 0.308. The lowest BCUT2D eigenvalue weighted by molar-refractivity contribution is 0.0751. The summed E-state index contributed by atoms with van der Waals surface area (Å²) in [5, 5.41) is 0. The van der Waals surface area contributed by atoms with Crippen molar-refractivity contribution in [1.82, 2.24) is 0 Å². The van der Waals surface area contributed by atoms with Crippen LogP contribution in [0.25, 0.3) is 0 Å². The quantitative estimate of drug-likeness (QED) is 0.368. The summed E-state index contributed by atoms with van der Waals surface area (Å²) in [5.41, 5.74) is 0. The highest BCUT2D eigenvalue weighted by molar-refractivity contribution is 5.60. The van der Waals surface area contributed by atoms with Gasteiger partial charge in [0.1, 0.15) is 0 Å². The Kier molecular flexibility index (Phi) is 5.79. The first-order chi connectivity index (χ1) is 5.66. The molecule has 0 atom stereocenters. The first kappa shape index (κ1) is 10.8. The first-order valence-electron chi connectivity index (χ1n) is 3.70. The predicted octanol–water partition coefficient (Wildman–Crippen LogP) is 2.30. The third kappa shape index (κ3) is 6.86. The van der Waals surface area contributed by atoms with Crippen LogP contribution in [0.15, 0.2) is 18.4 Å². The fraction of sp³-hybridized carbons (Fsp3) is 0.444. The zero-order chi connectivity index (χ0) is 9.40. The molecule has 0 N–H and O–H groups in total. The van der Waals surface area contributed by atoms with Crippen LogP contribution in [0.5, 0.6) is 0 Å². The fourth-order valence-electron chi connectivity index (χ4n) is 0.409. The minimum Gasteiger partial charge on any atom is -0.434 e. The number of hydrogen-bond acceptors (Lipinski definition) is 3. The Labute approximate surface area is 72.7 Å². The first-order valence-corrected chi connectivity index (χ1v) is 3.70. The average molecular weight is 169 g/mol. The van der Waals surface area contributed by atoms with Crippen LogP contribution in [-0.2, 0) is 9.47 Å². The van der Waals surface area contributed by atoms with E-state index in [1.807, 2.05) is 13.8 Å². The topological polar surface area (TPSA) is 35.5 Å². The van der Waals surface area contributed by atoms with E-state index in [9.17, 15) is 4.79 Å². The molecule has 0 aliphatic carbocycles. The van der Waals surface area contributed by atoms with Gasteiger partial charge < -0.3 is 9.47 Å². The van der Waals surface area contributed by atoms with Gasteiger partial charge in [0.05, 0.1) is 12.9 Å². The van der Waals surface area contributed by atoms with E-state index in [1.165, 1.54) is 18.4 Å². The van der Waals surface area contributed by atoms with Gasteiger partial charge in [0.15, 0.2) is 0 Å². The maximum atomic E-state index is 10.7. The summed E-state index contributed by atoms with van der Waals surface area (Å²) in [6, 6.07) is 0. The monoisotopic (exact) mass is 169 g/mol. The van der Waals surface area contributed by atoms with E-state index in [0.717, 1.165) is 0 Å². The van der Waals surface area contributed by atoms with E-state index < -0.39 is 6.16 Å². The molecular formula is C9H13O3. The number of allylic oxidation sites excluding steroid dienone is 2. The van der Waals surface area contributed by atoms with Gasteiger partial charge in [-0.3, -0.25) is 0 Å². The van der Waals surface area contributed by atoms with E-state index in [4.69, 9.17) is 6.58 Å². The third-order valence-electron chi connectivity index (χ3n) is 0.888. The molecule has 3 nitrogen and oxygen atoms in total. The molecule has 67 valence electrons. The smallest absolute Gasteiger partial charge is 0.434 e. The Morgan fingerprint density at radius 3 is 2.75 bits per heavy atom. The predicted molar refractivity (Wildman–Crippen MR) is 45.3 cm³/mol. The third-order valence-corrected chi connectivity index (χ3v) is 0.888. The van der Waals surface area contributed by atoms with Crippen molar-refractivity contribution in [2.24, 2.45) is 5.92 Å². The Balaban J connectivity index is 3.46. The molecule has 0 rings (SSSR count). The van der Waals surface area contributed by atoms with Gasteiger partial charge in [-0.1, -0.05) is 26.5 Å². The maximum Gasteiger partial charge on any atom is 0.513 e. The second kappa shape index (κ2) is 6.46. The summed E-state index contributed by atoms with van der Waals surface area (Å²) < 4.78 is 9.16. The molecule has 0 fully saturated rings. The summed E-state index contributed by atoms with van der Waals surface area (Å²) in [7, 11) is 0. The van der Waals surface area contributed by atoms with E-state index in [-0.39, 0.29) is 0 Å². The van der Waals surface area contributed by atoms with Gasteiger partial charge in [-0.25, -0.2) is 4.79 Å². The number of carbonyl (C=O) groups excluding carboxylic acids is 1. The molecule has 0 aromatic heterocycles. The summed E-state index contributed by atoms with van der Waals surface area (Å²) >= 11 is 0. The molecule has 0 unspecified atom stereocenters. The highest BCUT2D eigenvalue weighted by atomic mass is 16.7. The van der Waals surface area contributed by atoms with Crippen molar-refractivity contribution in [3.8, 4) is 0 Å². The van der Waals surface area contributed by atoms with Crippen LogP contribution in [0, 0.1) is 12.5 Å². The van der Waals surface area contributed by atoms with Gasteiger partial charge in [-0.2, -0.15) is 0 Å². The Morgan fingerprint density at radius 1 is 1.58 bits per heavy atom. The maximum absolute atomic E-state index is 10.7. The van der Waals surface area contributed by atoms with Crippen LogP contribution in [0.2, 0.25) is 0 Å². The number of carbonyl (C=O) groups is 1. The summed E-state index contributed by atoms with van der Waals surface area (Å²) in [4.78, 5) is 10.7. The summed E-state index contributed by atoms with van der Waals surface area (Å²) in [5.74, 6) is 0.308. The molecule has 0 saturated heterocycles. The van der Waals surface area contributed by atoms with Crippen LogP contribution in [-0.4, -0.2) is 12.8 Å². The lowest BCUT2D eigenvalue weighted by Crippen LogP contribution is -2.08. The van der Waals surface area contributed by atoms with Crippen LogP contribution >= 0.6 is 0 Å². The largest absolute Gasteiger partial charge is 0.513 e. The van der Waals surface area contributed by atoms with E-state index in [0.29, 0.717) is 12.5 Å². The number of ether oxygens (including phenoxy) is 2. The van der Waals surface area contributed by atoms with Crippen molar-refractivity contribution in [3.05, 3.63) is 25.0 Å². The molecule has 0 amide bonds. The summed E-state index contributed by atoms with van der Waals surface area (Å²) in [6.45, 7) is 9.24. The fourth-order valence-corrected chi connectivity index (χ4v) is 0.409. The van der Waals surface area contributed by atoms with Crippen molar-refractivity contribution in [2.45, 2.75) is 13.8 Å². The molecule has 0 aromatic carbocycles. The second-order valence-electron chi connectivity index (χ2n) is 2.59. The molecular weight excluding hydrogens is 156 g/mol. The zero-order valence-corrected chi connectivity index (χ0v) is 7.32. The van der Waals surface area contributed by atoms with Crippen molar-refractivity contribution >= 4 is 6.16 Å². The molecule has 0 saturated carbocycles. The molecule has 3 heteroatoms. The highest BCUT2D eigenvalue weighted by Gasteiger charge is 2.02. The van der Waals surface area contributed by atoms with E-state index in [2.05, 4.69) is 9.47 Å². The summed E-state index contributed by atoms with van der Waals surface area (Å²) in [6.07, 6.45) is 3.12. The number of hydrogen-bond donors (Lipinski definition) is 0. The molecule has 1 radical (unpaired) electrons. The highest BCUT2D eigenvalue weighted by Crippen LogP contribution is 1.94. The lowest BCUT2D eigenvalue weighted by atomic mass is 10.2. The van der Waals surface area contributed by atoms with Crippen molar-refractivity contribution in [2.75, 3.05) is 6.61 Å². The standard InChI is InChI=1S/C9H13O3/c1-4-5-6-11-9(10)12-7-8(2)3/h1,4-6,8H,7H2,2-3H3. The molecule has 0 aliphatic heterocycles. The minimum atomic E-state index is -0.707. The molecule has 0 bridgehead atoms. The second-order valence-corrected chi connectivity index (χ2v) is 2.59. The lowest BCUT2D eigenvalue weighted by Gasteiger charge is -2.04. The van der Waals surface area contributed by atoms with E-state index in [1.54, 1.807) is 0 Å². The van der Waals surface area contributed by atoms with Gasteiger partial charge >= 0.3 is 6.16 Å². The normalized spacial score (nSPS) is 10.2. The van der Waals surface area contributed by atoms with E-state index >= 15 is 0 Å². The van der Waals surface area contributed by atoms with Crippen LogP contribution in [0.4, 0.5) is 4.79 Å². The molecule has 0 aliphatic rings. The van der Waals surface area contributed by atoms with Crippen molar-refractivity contribution < 1.29 is 14.3 Å². The van der Waals surface area contributed by atoms with Crippen molar-refractivity contribution in [3.63, 3.8) is 0 Å². The molecule has 0 heterocycles. The van der Waals surface area contributed by atoms with Gasteiger partial charge in [0.25, 0.3) is 0 Å². The average Bonchev–Trinajstić information content (AvgIpc) is 2.01. The Hall–Kier alpha value is -1.25. The van der Waals surface area contributed by atoms with Crippen molar-refractivity contribution in [1.29, 1.82) is 0 Å². The number of rotatable bonds is 4. The van der Waals surface area contributed by atoms with Gasteiger partial charge in [0.2, 0.25) is 0 Å². The SMILES string of the molecule is [CH]=CC=COC(=O)OCC(C)C. The Bertz CT molecular complexity index is 171. The van der Waals surface area contributed by atoms with Crippen LogP contribution in [0.3, 0.4) is 0 Å². The van der Waals surface area contributed by atoms with Gasteiger partial charge in [-0.05, 0) is 12.0 Å². The molecule has 0 aromatic rings. The van der Waals surface area contributed by atoms with Crippen LogP contribution < -0.4 is 0 Å². The zero-order valence-electron chi connectivity index (χ0n) is 7.32.